The van der Waals surface area contributed by atoms with Crippen molar-refractivity contribution < 1.29 is 18.3 Å². The maximum Gasteiger partial charge on any atom is 0.340 e. The van der Waals surface area contributed by atoms with E-state index in [-0.39, 0.29) is 11.6 Å². The molecular formula is C16H18FNO3. The van der Waals surface area contributed by atoms with E-state index in [0.29, 0.717) is 6.54 Å². The summed E-state index contributed by atoms with van der Waals surface area (Å²) in [7, 11) is 1.23. The molecule has 2 rings (SSSR count). The molecule has 0 aliphatic heterocycles. The van der Waals surface area contributed by atoms with E-state index in [1.165, 1.54) is 19.2 Å². The van der Waals surface area contributed by atoms with Crippen molar-refractivity contribution in [1.29, 1.82) is 0 Å². The number of hydrogen-bond donors (Lipinski definition) is 1. The Morgan fingerprint density at radius 3 is 2.86 bits per heavy atom. The van der Waals surface area contributed by atoms with Gasteiger partial charge in [0, 0.05) is 19.0 Å². The lowest BCUT2D eigenvalue weighted by atomic mass is 10.1. The van der Waals surface area contributed by atoms with Crippen LogP contribution in [0.25, 0.3) is 0 Å². The summed E-state index contributed by atoms with van der Waals surface area (Å²) >= 11 is 0. The van der Waals surface area contributed by atoms with E-state index in [0.717, 1.165) is 17.7 Å². The minimum absolute atomic E-state index is 0.0510. The molecule has 5 heteroatoms. The van der Waals surface area contributed by atoms with Crippen LogP contribution in [0.2, 0.25) is 0 Å². The molecule has 0 fully saturated rings. The third-order valence-electron chi connectivity index (χ3n) is 3.18. The number of nitrogens with one attached hydrogen (secondary N) is 1. The third kappa shape index (κ3) is 4.16. The van der Waals surface area contributed by atoms with Crippen LogP contribution < -0.4 is 5.32 Å². The molecule has 1 unspecified atom stereocenters. The van der Waals surface area contributed by atoms with Crippen molar-refractivity contribution in [2.75, 3.05) is 7.11 Å². The van der Waals surface area contributed by atoms with Gasteiger partial charge in [0.05, 0.1) is 18.9 Å². The van der Waals surface area contributed by atoms with Crippen LogP contribution in [0.4, 0.5) is 4.39 Å². The zero-order valence-corrected chi connectivity index (χ0v) is 12.1. The van der Waals surface area contributed by atoms with Gasteiger partial charge in [-0.3, -0.25) is 0 Å². The van der Waals surface area contributed by atoms with E-state index in [4.69, 9.17) is 4.42 Å². The minimum atomic E-state index is -0.668. The van der Waals surface area contributed by atoms with Crippen molar-refractivity contribution in [3.05, 3.63) is 59.3 Å². The topological polar surface area (TPSA) is 51.5 Å². The van der Waals surface area contributed by atoms with E-state index < -0.39 is 11.8 Å². The number of furan rings is 1. The molecule has 2 aromatic rings. The first-order chi connectivity index (χ1) is 10.1. The van der Waals surface area contributed by atoms with E-state index in [2.05, 4.69) is 10.1 Å². The molecule has 1 aromatic heterocycles. The summed E-state index contributed by atoms with van der Waals surface area (Å²) < 4.78 is 23.6. The summed E-state index contributed by atoms with van der Waals surface area (Å²) in [5, 5.41) is 3.28. The van der Waals surface area contributed by atoms with Gasteiger partial charge in [0.25, 0.3) is 0 Å². The van der Waals surface area contributed by atoms with Crippen LogP contribution in [0.1, 0.15) is 28.6 Å². The van der Waals surface area contributed by atoms with Crippen molar-refractivity contribution in [1.82, 2.24) is 5.32 Å². The molecule has 0 bridgehead atoms. The highest BCUT2D eigenvalue weighted by atomic mass is 19.1. The molecule has 0 radical (unpaired) electrons. The van der Waals surface area contributed by atoms with Crippen LogP contribution in [-0.4, -0.2) is 19.1 Å². The van der Waals surface area contributed by atoms with Crippen LogP contribution in [0.3, 0.4) is 0 Å². The lowest BCUT2D eigenvalue weighted by Gasteiger charge is -2.13. The van der Waals surface area contributed by atoms with Gasteiger partial charge in [-0.25, -0.2) is 9.18 Å². The Morgan fingerprint density at radius 1 is 1.43 bits per heavy atom. The number of ether oxygens (including phenoxy) is 1. The fourth-order valence-corrected chi connectivity index (χ4v) is 2.04. The molecule has 0 saturated carbocycles. The Bertz CT molecular complexity index is 596. The van der Waals surface area contributed by atoms with Gasteiger partial charge in [0.1, 0.15) is 11.6 Å². The minimum Gasteiger partial charge on any atom is -0.469 e. The molecule has 112 valence electrons. The number of rotatable bonds is 6. The highest BCUT2D eigenvalue weighted by Gasteiger charge is 2.12. The number of esters is 1. The Hall–Kier alpha value is -2.14. The normalized spacial score (nSPS) is 12.1. The smallest absolute Gasteiger partial charge is 0.340 e. The van der Waals surface area contributed by atoms with Gasteiger partial charge >= 0.3 is 5.97 Å². The van der Waals surface area contributed by atoms with Gasteiger partial charge in [-0.1, -0.05) is 6.07 Å². The number of hydrogen-bond acceptors (Lipinski definition) is 4. The van der Waals surface area contributed by atoms with Crippen LogP contribution >= 0.6 is 0 Å². The van der Waals surface area contributed by atoms with E-state index in [1.807, 2.05) is 19.1 Å². The van der Waals surface area contributed by atoms with E-state index >= 15 is 0 Å². The van der Waals surface area contributed by atoms with Gasteiger partial charge in [0.2, 0.25) is 0 Å². The molecule has 1 heterocycles. The molecule has 0 amide bonds. The molecule has 1 atom stereocenters. The molecular weight excluding hydrogens is 273 g/mol. The first-order valence-electron chi connectivity index (χ1n) is 6.72. The van der Waals surface area contributed by atoms with Gasteiger partial charge in [-0.05, 0) is 36.8 Å². The molecule has 0 aliphatic rings. The number of carbonyl (C=O) groups excluding carboxylic acids is 1. The van der Waals surface area contributed by atoms with Crippen LogP contribution in [0.15, 0.2) is 41.0 Å². The summed E-state index contributed by atoms with van der Waals surface area (Å²) in [4.78, 5) is 11.3. The van der Waals surface area contributed by atoms with Crippen molar-refractivity contribution >= 4 is 5.97 Å². The van der Waals surface area contributed by atoms with Gasteiger partial charge in [-0.2, -0.15) is 0 Å². The number of benzene rings is 1. The fraction of sp³-hybridized carbons (Fsp3) is 0.312. The lowest BCUT2D eigenvalue weighted by Crippen LogP contribution is -2.27. The fourth-order valence-electron chi connectivity index (χ4n) is 2.04. The van der Waals surface area contributed by atoms with Crippen molar-refractivity contribution in [2.45, 2.75) is 25.9 Å². The average Bonchev–Trinajstić information content (AvgIpc) is 2.97. The van der Waals surface area contributed by atoms with Crippen LogP contribution in [0.5, 0.6) is 0 Å². The van der Waals surface area contributed by atoms with E-state index in [1.54, 1.807) is 12.3 Å². The Balaban J connectivity index is 1.91. The summed E-state index contributed by atoms with van der Waals surface area (Å²) in [6.45, 7) is 2.54. The lowest BCUT2D eigenvalue weighted by molar-refractivity contribution is 0.0595. The van der Waals surface area contributed by atoms with Gasteiger partial charge < -0.3 is 14.5 Å². The molecule has 1 N–H and O–H groups in total. The van der Waals surface area contributed by atoms with Gasteiger partial charge in [-0.15, -0.1) is 0 Å². The first kappa shape index (κ1) is 15.3. The zero-order valence-electron chi connectivity index (χ0n) is 12.1. The van der Waals surface area contributed by atoms with Gasteiger partial charge in [0.15, 0.2) is 0 Å². The second kappa shape index (κ2) is 7.04. The molecule has 0 saturated heterocycles. The monoisotopic (exact) mass is 291 g/mol. The zero-order chi connectivity index (χ0) is 15.2. The maximum absolute atomic E-state index is 13.8. The second-order valence-corrected chi connectivity index (χ2v) is 4.87. The van der Waals surface area contributed by atoms with Crippen LogP contribution in [-0.2, 0) is 17.7 Å². The van der Waals surface area contributed by atoms with Crippen molar-refractivity contribution in [2.24, 2.45) is 0 Å². The summed E-state index contributed by atoms with van der Waals surface area (Å²) in [5.41, 5.74) is 0.719. The third-order valence-corrected chi connectivity index (χ3v) is 3.18. The van der Waals surface area contributed by atoms with Crippen molar-refractivity contribution in [3.8, 4) is 0 Å². The van der Waals surface area contributed by atoms with Crippen molar-refractivity contribution in [3.63, 3.8) is 0 Å². The SMILES string of the molecule is COC(=O)c1ccc(CNC(C)Cc2ccco2)cc1F. The standard InChI is InChI=1S/C16H18FNO3/c1-11(8-13-4-3-7-21-13)18-10-12-5-6-14(15(17)9-12)16(19)20-2/h3-7,9,11,18H,8,10H2,1-2H3. The Labute approximate surface area is 122 Å². The first-order valence-corrected chi connectivity index (χ1v) is 6.72. The summed E-state index contributed by atoms with van der Waals surface area (Å²) in [6, 6.07) is 8.46. The maximum atomic E-state index is 13.8. The predicted octanol–water partition coefficient (Wildman–Crippen LogP) is 2.93. The largest absolute Gasteiger partial charge is 0.469 e. The predicted molar refractivity (Wildman–Crippen MR) is 76.5 cm³/mol. The average molecular weight is 291 g/mol. The summed E-state index contributed by atoms with van der Waals surface area (Å²) in [6.07, 6.45) is 2.40. The molecule has 1 aromatic carbocycles. The second-order valence-electron chi connectivity index (χ2n) is 4.87. The summed E-state index contributed by atoms with van der Waals surface area (Å²) in [5.74, 6) is -0.333. The highest BCUT2D eigenvalue weighted by molar-refractivity contribution is 5.89. The molecule has 4 nitrogen and oxygen atoms in total. The molecule has 0 spiro atoms. The van der Waals surface area contributed by atoms with Crippen LogP contribution in [0, 0.1) is 5.82 Å². The Kier molecular flexibility index (Phi) is 5.11. The number of methoxy groups -OCH3 is 1. The number of halogens is 1. The highest BCUT2D eigenvalue weighted by Crippen LogP contribution is 2.12. The quantitative estimate of drug-likeness (QED) is 0.831. The Morgan fingerprint density at radius 2 is 2.24 bits per heavy atom. The molecule has 21 heavy (non-hydrogen) atoms. The number of carbonyl (C=O) groups is 1. The van der Waals surface area contributed by atoms with E-state index in [9.17, 15) is 9.18 Å². The molecule has 0 aliphatic carbocycles.